The molecule has 0 saturated heterocycles. The predicted molar refractivity (Wildman–Crippen MR) is 72.1 cm³/mol. The average Bonchev–Trinajstić information content (AvgIpc) is 3.05. The van der Waals surface area contributed by atoms with Crippen molar-refractivity contribution in [2.24, 2.45) is 5.92 Å². The molecule has 2 aliphatic rings. The summed E-state index contributed by atoms with van der Waals surface area (Å²) in [6.07, 6.45) is 10.1. The molecule has 0 heterocycles. The molecule has 2 rings (SSSR count). The van der Waals surface area contributed by atoms with Gasteiger partial charge in [-0.15, -0.1) is 0 Å². The van der Waals surface area contributed by atoms with Gasteiger partial charge in [0.15, 0.2) is 0 Å². The molecule has 2 heteroatoms. The molecule has 2 saturated carbocycles. The fraction of sp³-hybridized carbons (Fsp3) is 1.00. The summed E-state index contributed by atoms with van der Waals surface area (Å²) >= 11 is 0. The monoisotopic (exact) mass is 239 g/mol. The number of aliphatic hydroxyl groups is 1. The van der Waals surface area contributed by atoms with Gasteiger partial charge in [-0.25, -0.2) is 0 Å². The maximum Gasteiger partial charge on any atom is 0.0695 e. The normalized spacial score (nSPS) is 31.6. The van der Waals surface area contributed by atoms with Gasteiger partial charge in [-0.1, -0.05) is 39.5 Å². The van der Waals surface area contributed by atoms with Crippen LogP contribution in [0.5, 0.6) is 0 Å². The van der Waals surface area contributed by atoms with E-state index >= 15 is 0 Å². The van der Waals surface area contributed by atoms with Gasteiger partial charge in [0.25, 0.3) is 0 Å². The van der Waals surface area contributed by atoms with Crippen molar-refractivity contribution < 1.29 is 5.11 Å². The Morgan fingerprint density at radius 1 is 1.00 bits per heavy atom. The standard InChI is InChI=1S/C15H29NO/c1-12(2)11-16(13-9-10-13)14-7-5-3-4-6-8-15(14)17/h12-15,17H,3-11H2,1-2H3. The second kappa shape index (κ2) is 6.19. The first-order valence-corrected chi connectivity index (χ1v) is 7.62. The quantitative estimate of drug-likeness (QED) is 0.814. The molecule has 0 radical (unpaired) electrons. The zero-order chi connectivity index (χ0) is 12.3. The van der Waals surface area contributed by atoms with Crippen molar-refractivity contribution in [1.29, 1.82) is 0 Å². The van der Waals surface area contributed by atoms with E-state index in [1.165, 1.54) is 51.5 Å². The van der Waals surface area contributed by atoms with E-state index in [1.54, 1.807) is 0 Å². The van der Waals surface area contributed by atoms with Crippen LogP contribution in [0, 0.1) is 5.92 Å². The minimum absolute atomic E-state index is 0.0744. The van der Waals surface area contributed by atoms with Gasteiger partial charge >= 0.3 is 0 Å². The zero-order valence-electron chi connectivity index (χ0n) is 11.6. The molecular formula is C15H29NO. The molecule has 0 spiro atoms. The predicted octanol–water partition coefficient (Wildman–Crippen LogP) is 3.19. The lowest BCUT2D eigenvalue weighted by Crippen LogP contribution is -2.47. The van der Waals surface area contributed by atoms with Crippen molar-refractivity contribution in [2.45, 2.75) is 83.4 Å². The lowest BCUT2D eigenvalue weighted by molar-refractivity contribution is 0.0210. The van der Waals surface area contributed by atoms with E-state index in [0.717, 1.165) is 12.5 Å². The van der Waals surface area contributed by atoms with Crippen LogP contribution >= 0.6 is 0 Å². The number of hydrogen-bond donors (Lipinski definition) is 1. The Bertz CT molecular complexity index is 225. The maximum absolute atomic E-state index is 10.4. The second-order valence-corrected chi connectivity index (χ2v) is 6.45. The lowest BCUT2D eigenvalue weighted by Gasteiger charge is -2.37. The highest BCUT2D eigenvalue weighted by molar-refractivity contribution is 4.92. The van der Waals surface area contributed by atoms with Crippen molar-refractivity contribution in [2.75, 3.05) is 6.54 Å². The van der Waals surface area contributed by atoms with Crippen molar-refractivity contribution in [3.8, 4) is 0 Å². The number of rotatable bonds is 4. The Kier molecular flexibility index (Phi) is 4.87. The van der Waals surface area contributed by atoms with Crippen LogP contribution in [-0.2, 0) is 0 Å². The Hall–Kier alpha value is -0.0800. The van der Waals surface area contributed by atoms with Crippen LogP contribution < -0.4 is 0 Å². The zero-order valence-corrected chi connectivity index (χ0v) is 11.6. The van der Waals surface area contributed by atoms with E-state index in [-0.39, 0.29) is 6.10 Å². The van der Waals surface area contributed by atoms with Crippen LogP contribution in [0.3, 0.4) is 0 Å². The van der Waals surface area contributed by atoms with Gasteiger partial charge in [-0.2, -0.15) is 0 Å². The third-order valence-corrected chi connectivity index (χ3v) is 4.21. The SMILES string of the molecule is CC(C)CN(C1CC1)C1CCCCCCC1O. The smallest absolute Gasteiger partial charge is 0.0695 e. The number of hydrogen-bond acceptors (Lipinski definition) is 2. The van der Waals surface area contributed by atoms with Gasteiger partial charge in [0.05, 0.1) is 6.10 Å². The van der Waals surface area contributed by atoms with Crippen molar-refractivity contribution in [1.82, 2.24) is 4.90 Å². The number of nitrogens with zero attached hydrogens (tertiary/aromatic N) is 1. The van der Waals surface area contributed by atoms with E-state index in [4.69, 9.17) is 0 Å². The summed E-state index contributed by atoms with van der Waals surface area (Å²) in [7, 11) is 0. The Morgan fingerprint density at radius 2 is 1.65 bits per heavy atom. The minimum Gasteiger partial charge on any atom is -0.391 e. The van der Waals surface area contributed by atoms with E-state index in [9.17, 15) is 5.11 Å². The molecule has 2 aliphatic carbocycles. The molecular weight excluding hydrogens is 210 g/mol. The molecule has 0 bridgehead atoms. The summed E-state index contributed by atoms with van der Waals surface area (Å²) in [6, 6.07) is 1.24. The van der Waals surface area contributed by atoms with Crippen LogP contribution in [0.2, 0.25) is 0 Å². The van der Waals surface area contributed by atoms with Crippen LogP contribution in [0.4, 0.5) is 0 Å². The molecule has 0 amide bonds. The fourth-order valence-electron chi connectivity index (χ4n) is 3.22. The summed E-state index contributed by atoms with van der Waals surface area (Å²) in [5, 5.41) is 10.4. The second-order valence-electron chi connectivity index (χ2n) is 6.45. The van der Waals surface area contributed by atoms with Gasteiger partial charge in [0.2, 0.25) is 0 Å². The molecule has 100 valence electrons. The van der Waals surface area contributed by atoms with Gasteiger partial charge in [0.1, 0.15) is 0 Å². The summed E-state index contributed by atoms with van der Waals surface area (Å²) in [5.41, 5.74) is 0. The molecule has 2 nitrogen and oxygen atoms in total. The first kappa shape index (κ1) is 13.4. The third-order valence-electron chi connectivity index (χ3n) is 4.21. The first-order valence-electron chi connectivity index (χ1n) is 7.62. The van der Waals surface area contributed by atoms with Gasteiger partial charge < -0.3 is 5.11 Å². The van der Waals surface area contributed by atoms with E-state index in [1.807, 2.05) is 0 Å². The van der Waals surface area contributed by atoms with Gasteiger partial charge in [0, 0.05) is 18.6 Å². The van der Waals surface area contributed by atoms with Crippen LogP contribution in [0.1, 0.15) is 65.2 Å². The van der Waals surface area contributed by atoms with Crippen LogP contribution in [-0.4, -0.2) is 34.7 Å². The van der Waals surface area contributed by atoms with Gasteiger partial charge in [-0.3, -0.25) is 4.90 Å². The molecule has 0 aromatic rings. The molecule has 0 aromatic carbocycles. The van der Waals surface area contributed by atoms with E-state index < -0.39 is 0 Å². The average molecular weight is 239 g/mol. The maximum atomic E-state index is 10.4. The molecule has 1 N–H and O–H groups in total. The van der Waals surface area contributed by atoms with Crippen molar-refractivity contribution in [3.63, 3.8) is 0 Å². The van der Waals surface area contributed by atoms with E-state index in [0.29, 0.717) is 12.0 Å². The summed E-state index contributed by atoms with van der Waals surface area (Å²) in [6.45, 7) is 5.77. The molecule has 2 fully saturated rings. The molecule has 0 aromatic heterocycles. The lowest BCUT2D eigenvalue weighted by atomic mass is 9.92. The summed E-state index contributed by atoms with van der Waals surface area (Å²) in [4.78, 5) is 2.64. The number of aliphatic hydroxyl groups excluding tert-OH is 1. The largest absolute Gasteiger partial charge is 0.391 e. The fourth-order valence-corrected chi connectivity index (χ4v) is 3.22. The summed E-state index contributed by atoms with van der Waals surface area (Å²) < 4.78 is 0. The highest BCUT2D eigenvalue weighted by atomic mass is 16.3. The Balaban J connectivity index is 1.97. The summed E-state index contributed by atoms with van der Waals surface area (Å²) in [5.74, 6) is 0.716. The van der Waals surface area contributed by atoms with Crippen molar-refractivity contribution in [3.05, 3.63) is 0 Å². The van der Waals surface area contributed by atoms with Gasteiger partial charge in [-0.05, 0) is 31.6 Å². The highest BCUT2D eigenvalue weighted by Gasteiger charge is 2.37. The third kappa shape index (κ3) is 3.96. The topological polar surface area (TPSA) is 23.5 Å². The van der Waals surface area contributed by atoms with Crippen molar-refractivity contribution >= 4 is 0 Å². The molecule has 0 aliphatic heterocycles. The van der Waals surface area contributed by atoms with Crippen LogP contribution in [0.15, 0.2) is 0 Å². The highest BCUT2D eigenvalue weighted by Crippen LogP contribution is 2.33. The first-order chi connectivity index (χ1) is 8.18. The molecule has 2 unspecified atom stereocenters. The van der Waals surface area contributed by atoms with Crippen LogP contribution in [0.25, 0.3) is 0 Å². The Labute approximate surface area is 106 Å². The van der Waals surface area contributed by atoms with E-state index in [2.05, 4.69) is 18.7 Å². The minimum atomic E-state index is -0.0744. The molecule has 2 atom stereocenters. The molecule has 17 heavy (non-hydrogen) atoms. The Morgan fingerprint density at radius 3 is 2.24 bits per heavy atom.